The average Bonchev–Trinajstić information content (AvgIpc) is 3.86. The van der Waals surface area contributed by atoms with Gasteiger partial charge in [0.15, 0.2) is 0 Å². The number of benzene rings is 2. The van der Waals surface area contributed by atoms with E-state index in [-0.39, 0.29) is 18.0 Å². The van der Waals surface area contributed by atoms with Crippen LogP contribution in [-0.4, -0.2) is 65.7 Å². The zero-order valence-electron chi connectivity index (χ0n) is 26.6. The number of fused-ring (bicyclic) bond motifs is 1. The van der Waals surface area contributed by atoms with E-state index >= 15 is 0 Å². The number of ether oxygens (including phenoxy) is 2. The molecule has 2 aromatic heterocycles. The number of aromatic nitrogens is 3. The average molecular weight is 674 g/mol. The lowest BCUT2D eigenvalue weighted by Gasteiger charge is -2.20. The highest BCUT2D eigenvalue weighted by Crippen LogP contribution is 2.44. The molecule has 0 radical (unpaired) electrons. The molecular formula is C36H38Cl2N6O3. The fourth-order valence-corrected chi connectivity index (χ4v) is 7.69. The first-order chi connectivity index (χ1) is 22.9. The van der Waals surface area contributed by atoms with Crippen LogP contribution in [0, 0.1) is 0 Å². The SMILES string of the molecule is COc1nc(-c2cccc(-c3cccc(-c4cc5c(c(OC)n4)C(NCC4CCC(=O)N4)CC5)c3Cl)c2Cl)cnc1CN1CCCC1. The number of methoxy groups -OCH3 is 2. The molecular weight excluding hydrogens is 635 g/mol. The minimum atomic E-state index is 0.110. The fraction of sp³-hybridized carbons (Fsp3) is 0.389. The summed E-state index contributed by atoms with van der Waals surface area (Å²) >= 11 is 14.3. The molecule has 4 heterocycles. The summed E-state index contributed by atoms with van der Waals surface area (Å²) < 4.78 is 11.5. The standard InChI is InChI=1S/C36H38Cl2N6O3/c1-46-35-30(20-44-15-3-4-16-44)40-19-29(43-35)26-10-6-8-24(34(26)38)23-7-5-9-25(33(23)37)28-17-21-11-13-27(32(21)36(42-28)47-2)39-18-22-12-14-31(45)41-22/h5-10,17,19,22,27,39H,3-4,11-16,18,20H2,1-2H3,(H,41,45). The third-order valence-corrected chi connectivity index (χ3v) is 10.3. The van der Waals surface area contributed by atoms with Crippen LogP contribution in [-0.2, 0) is 17.8 Å². The van der Waals surface area contributed by atoms with E-state index in [1.807, 2.05) is 36.4 Å². The van der Waals surface area contributed by atoms with Gasteiger partial charge in [-0.1, -0.05) is 59.6 Å². The molecule has 11 heteroatoms. The van der Waals surface area contributed by atoms with E-state index in [2.05, 4.69) is 21.6 Å². The van der Waals surface area contributed by atoms with Gasteiger partial charge in [-0.15, -0.1) is 0 Å². The highest BCUT2D eigenvalue weighted by molar-refractivity contribution is 6.39. The highest BCUT2D eigenvalue weighted by atomic mass is 35.5. The molecule has 0 bridgehead atoms. The fourth-order valence-electron chi connectivity index (χ4n) is 7.05. The molecule has 244 valence electrons. The van der Waals surface area contributed by atoms with E-state index in [1.165, 1.54) is 18.4 Å². The normalized spacial score (nSPS) is 19.2. The Kier molecular flexibility index (Phi) is 9.32. The van der Waals surface area contributed by atoms with Crippen molar-refractivity contribution in [1.82, 2.24) is 30.5 Å². The molecule has 2 atom stereocenters. The van der Waals surface area contributed by atoms with Gasteiger partial charge in [0, 0.05) is 59.4 Å². The van der Waals surface area contributed by atoms with Crippen molar-refractivity contribution in [3.05, 3.63) is 75.5 Å². The second-order valence-corrected chi connectivity index (χ2v) is 13.2. The van der Waals surface area contributed by atoms with Gasteiger partial charge in [-0.05, 0) is 56.8 Å². The van der Waals surface area contributed by atoms with Crippen LogP contribution in [0.15, 0.2) is 48.7 Å². The van der Waals surface area contributed by atoms with Crippen molar-refractivity contribution in [2.75, 3.05) is 33.9 Å². The second kappa shape index (κ2) is 13.8. The number of halogens is 2. The number of carbonyl (C=O) groups is 1. The van der Waals surface area contributed by atoms with Crippen molar-refractivity contribution >= 4 is 29.1 Å². The van der Waals surface area contributed by atoms with Crippen LogP contribution in [0.4, 0.5) is 0 Å². The summed E-state index contributed by atoms with van der Waals surface area (Å²) in [6.45, 7) is 3.56. The Balaban J connectivity index is 1.18. The van der Waals surface area contributed by atoms with Crippen molar-refractivity contribution in [2.45, 2.75) is 57.2 Å². The number of rotatable bonds is 10. The van der Waals surface area contributed by atoms with Gasteiger partial charge in [0.25, 0.3) is 0 Å². The minimum Gasteiger partial charge on any atom is -0.481 e. The Bertz CT molecular complexity index is 1810. The predicted octanol–water partition coefficient (Wildman–Crippen LogP) is 6.65. The monoisotopic (exact) mass is 672 g/mol. The predicted molar refractivity (Wildman–Crippen MR) is 184 cm³/mol. The van der Waals surface area contributed by atoms with E-state index in [9.17, 15) is 4.79 Å². The van der Waals surface area contributed by atoms with Gasteiger partial charge >= 0.3 is 0 Å². The number of hydrogen-bond donors (Lipinski definition) is 2. The van der Waals surface area contributed by atoms with Crippen molar-refractivity contribution in [2.24, 2.45) is 0 Å². The summed E-state index contributed by atoms with van der Waals surface area (Å²) in [6.07, 6.45) is 7.45. The lowest BCUT2D eigenvalue weighted by Crippen LogP contribution is -2.36. The number of amides is 1. The van der Waals surface area contributed by atoms with Gasteiger partial charge in [-0.3, -0.25) is 14.7 Å². The maximum atomic E-state index is 11.6. The number of nitrogens with one attached hydrogen (secondary N) is 2. The molecule has 2 fully saturated rings. The summed E-state index contributed by atoms with van der Waals surface area (Å²) in [7, 11) is 3.28. The molecule has 1 amide bonds. The van der Waals surface area contributed by atoms with Gasteiger partial charge in [0.2, 0.25) is 17.7 Å². The van der Waals surface area contributed by atoms with Crippen molar-refractivity contribution in [3.8, 4) is 45.4 Å². The number of nitrogens with zero attached hydrogens (tertiary/aromatic N) is 4. The molecule has 1 aliphatic carbocycles. The van der Waals surface area contributed by atoms with Gasteiger partial charge in [-0.2, -0.15) is 0 Å². The first kappa shape index (κ1) is 31.8. The van der Waals surface area contributed by atoms with Crippen LogP contribution in [0.3, 0.4) is 0 Å². The zero-order chi connectivity index (χ0) is 32.5. The molecule has 3 aliphatic rings. The van der Waals surface area contributed by atoms with Crippen LogP contribution in [0.2, 0.25) is 10.0 Å². The number of likely N-dealkylation sites (tertiary alicyclic amines) is 1. The van der Waals surface area contributed by atoms with Crippen LogP contribution < -0.4 is 20.1 Å². The van der Waals surface area contributed by atoms with E-state index in [0.29, 0.717) is 40.5 Å². The van der Waals surface area contributed by atoms with E-state index in [4.69, 9.17) is 47.6 Å². The lowest BCUT2D eigenvalue weighted by atomic mass is 9.97. The van der Waals surface area contributed by atoms with Gasteiger partial charge in [0.05, 0.1) is 41.8 Å². The Labute approximate surface area is 285 Å². The molecule has 2 aromatic carbocycles. The molecule has 7 rings (SSSR count). The third-order valence-electron chi connectivity index (χ3n) is 9.47. The van der Waals surface area contributed by atoms with Crippen LogP contribution in [0.5, 0.6) is 11.8 Å². The zero-order valence-corrected chi connectivity index (χ0v) is 28.1. The number of aryl methyl sites for hydroxylation is 1. The van der Waals surface area contributed by atoms with Crippen molar-refractivity contribution in [3.63, 3.8) is 0 Å². The molecule has 2 N–H and O–H groups in total. The summed E-state index contributed by atoms with van der Waals surface area (Å²) in [5.41, 5.74) is 7.58. The van der Waals surface area contributed by atoms with Crippen LogP contribution in [0.25, 0.3) is 33.6 Å². The summed E-state index contributed by atoms with van der Waals surface area (Å²) in [5, 5.41) is 7.75. The van der Waals surface area contributed by atoms with Crippen molar-refractivity contribution in [1.29, 1.82) is 0 Å². The van der Waals surface area contributed by atoms with Gasteiger partial charge < -0.3 is 20.1 Å². The molecule has 0 spiro atoms. The van der Waals surface area contributed by atoms with Gasteiger partial charge in [0.1, 0.15) is 5.69 Å². The lowest BCUT2D eigenvalue weighted by molar-refractivity contribution is -0.119. The molecule has 2 saturated heterocycles. The Morgan fingerprint density at radius 2 is 1.55 bits per heavy atom. The third kappa shape index (κ3) is 6.42. The van der Waals surface area contributed by atoms with Crippen LogP contribution >= 0.6 is 23.2 Å². The smallest absolute Gasteiger partial charge is 0.237 e. The molecule has 0 saturated carbocycles. The Morgan fingerprint density at radius 3 is 2.21 bits per heavy atom. The molecule has 4 aromatic rings. The molecule has 47 heavy (non-hydrogen) atoms. The number of hydrogen-bond acceptors (Lipinski definition) is 8. The van der Waals surface area contributed by atoms with E-state index < -0.39 is 0 Å². The summed E-state index contributed by atoms with van der Waals surface area (Å²) in [6, 6.07) is 14.1. The highest BCUT2D eigenvalue weighted by Gasteiger charge is 2.30. The van der Waals surface area contributed by atoms with Crippen molar-refractivity contribution < 1.29 is 14.3 Å². The summed E-state index contributed by atoms with van der Waals surface area (Å²) in [5.74, 6) is 1.22. The first-order valence-electron chi connectivity index (χ1n) is 16.2. The van der Waals surface area contributed by atoms with E-state index in [0.717, 1.165) is 78.1 Å². The Hall–Kier alpha value is -3.76. The second-order valence-electron chi connectivity index (χ2n) is 12.4. The molecule has 2 aliphatic heterocycles. The largest absolute Gasteiger partial charge is 0.481 e. The van der Waals surface area contributed by atoms with Gasteiger partial charge in [-0.25, -0.2) is 9.97 Å². The number of carbonyl (C=O) groups excluding carboxylic acids is 1. The van der Waals surface area contributed by atoms with E-state index in [1.54, 1.807) is 20.4 Å². The number of pyridine rings is 1. The topological polar surface area (TPSA) is 102 Å². The molecule has 2 unspecified atom stereocenters. The maximum Gasteiger partial charge on any atom is 0.237 e. The molecule has 9 nitrogen and oxygen atoms in total. The van der Waals surface area contributed by atoms with Crippen LogP contribution in [0.1, 0.15) is 55.0 Å². The summed E-state index contributed by atoms with van der Waals surface area (Å²) in [4.78, 5) is 28.5. The Morgan fingerprint density at radius 1 is 0.894 bits per heavy atom. The quantitative estimate of drug-likeness (QED) is 0.193. The maximum absolute atomic E-state index is 11.6. The minimum absolute atomic E-state index is 0.110. The first-order valence-corrected chi connectivity index (χ1v) is 17.0.